The van der Waals surface area contributed by atoms with Gasteiger partial charge in [0.15, 0.2) is 0 Å². The number of carbonyl (C=O) groups is 1. The lowest BCUT2D eigenvalue weighted by molar-refractivity contribution is 0.0623. The molecule has 0 bridgehead atoms. The lowest BCUT2D eigenvalue weighted by Gasteiger charge is -2.35. The SMILES string of the molecule is CC1CC(C)CN(C(=O)c2ccccc2C#CCN)C1. The molecule has 0 aliphatic carbocycles. The molecule has 1 aromatic carbocycles. The Labute approximate surface area is 121 Å². The molecule has 2 N–H and O–H groups in total. The van der Waals surface area contributed by atoms with E-state index >= 15 is 0 Å². The van der Waals surface area contributed by atoms with Crippen molar-refractivity contribution < 1.29 is 4.79 Å². The highest BCUT2D eigenvalue weighted by atomic mass is 16.2. The van der Waals surface area contributed by atoms with Gasteiger partial charge in [-0.2, -0.15) is 0 Å². The van der Waals surface area contributed by atoms with Crippen LogP contribution < -0.4 is 5.73 Å². The van der Waals surface area contributed by atoms with E-state index in [1.54, 1.807) is 0 Å². The predicted octanol–water partition coefficient (Wildman–Crippen LogP) is 2.11. The summed E-state index contributed by atoms with van der Waals surface area (Å²) in [5, 5.41) is 0. The van der Waals surface area contributed by atoms with Crippen LogP contribution in [0.1, 0.15) is 36.2 Å². The highest BCUT2D eigenvalue weighted by Crippen LogP contribution is 2.23. The fourth-order valence-corrected chi connectivity index (χ4v) is 2.92. The van der Waals surface area contributed by atoms with E-state index in [1.807, 2.05) is 29.2 Å². The largest absolute Gasteiger partial charge is 0.338 e. The van der Waals surface area contributed by atoms with Crippen LogP contribution in [0.25, 0.3) is 0 Å². The molecule has 1 aromatic rings. The van der Waals surface area contributed by atoms with Gasteiger partial charge in [-0.25, -0.2) is 0 Å². The number of nitrogens with zero attached hydrogens (tertiary/aromatic N) is 1. The van der Waals surface area contributed by atoms with Crippen molar-refractivity contribution in [1.29, 1.82) is 0 Å². The second kappa shape index (κ2) is 6.58. The van der Waals surface area contributed by atoms with Crippen molar-refractivity contribution in [3.63, 3.8) is 0 Å². The van der Waals surface area contributed by atoms with E-state index in [9.17, 15) is 4.79 Å². The minimum absolute atomic E-state index is 0.0883. The number of piperidine rings is 1. The molecule has 20 heavy (non-hydrogen) atoms. The molecule has 1 amide bonds. The zero-order valence-corrected chi connectivity index (χ0v) is 12.2. The van der Waals surface area contributed by atoms with Crippen molar-refractivity contribution in [2.45, 2.75) is 20.3 Å². The predicted molar refractivity (Wildman–Crippen MR) is 81.2 cm³/mol. The third-order valence-corrected chi connectivity index (χ3v) is 3.64. The molecule has 2 rings (SSSR count). The number of nitrogens with two attached hydrogens (primary N) is 1. The molecular formula is C17H22N2O. The number of amides is 1. The van der Waals surface area contributed by atoms with Gasteiger partial charge in [0, 0.05) is 18.7 Å². The molecule has 1 heterocycles. The van der Waals surface area contributed by atoms with Crippen LogP contribution in [-0.4, -0.2) is 30.4 Å². The molecule has 2 atom stereocenters. The molecule has 1 fully saturated rings. The van der Waals surface area contributed by atoms with Crippen molar-refractivity contribution >= 4 is 5.91 Å². The molecule has 106 valence electrons. The monoisotopic (exact) mass is 270 g/mol. The van der Waals surface area contributed by atoms with E-state index in [4.69, 9.17) is 5.73 Å². The summed E-state index contributed by atoms with van der Waals surface area (Å²) < 4.78 is 0. The topological polar surface area (TPSA) is 46.3 Å². The van der Waals surface area contributed by atoms with Crippen molar-refractivity contribution in [3.05, 3.63) is 35.4 Å². The van der Waals surface area contributed by atoms with Gasteiger partial charge in [-0.15, -0.1) is 0 Å². The van der Waals surface area contributed by atoms with Gasteiger partial charge in [0.25, 0.3) is 5.91 Å². The summed E-state index contributed by atoms with van der Waals surface area (Å²) in [4.78, 5) is 14.7. The third kappa shape index (κ3) is 3.40. The Morgan fingerprint density at radius 3 is 2.60 bits per heavy atom. The van der Waals surface area contributed by atoms with Crippen LogP contribution in [0.3, 0.4) is 0 Å². The van der Waals surface area contributed by atoms with E-state index in [1.165, 1.54) is 6.42 Å². The van der Waals surface area contributed by atoms with Crippen LogP contribution in [0.2, 0.25) is 0 Å². The molecule has 1 aliphatic heterocycles. The lowest BCUT2D eigenvalue weighted by Crippen LogP contribution is -2.42. The Hall–Kier alpha value is -1.79. The maximum Gasteiger partial charge on any atom is 0.255 e. The number of benzene rings is 1. The maximum absolute atomic E-state index is 12.7. The molecule has 0 spiro atoms. The third-order valence-electron chi connectivity index (χ3n) is 3.64. The molecule has 1 aliphatic rings. The van der Waals surface area contributed by atoms with Crippen molar-refractivity contribution in [1.82, 2.24) is 4.90 Å². The fraction of sp³-hybridized carbons (Fsp3) is 0.471. The van der Waals surface area contributed by atoms with Gasteiger partial charge in [-0.05, 0) is 30.4 Å². The summed E-state index contributed by atoms with van der Waals surface area (Å²) in [5.41, 5.74) is 6.87. The summed E-state index contributed by atoms with van der Waals surface area (Å²) in [7, 11) is 0. The molecule has 0 saturated carbocycles. The van der Waals surface area contributed by atoms with E-state index in [0.717, 1.165) is 18.7 Å². The Bertz CT molecular complexity index is 531. The van der Waals surface area contributed by atoms with Crippen molar-refractivity contribution in [3.8, 4) is 11.8 Å². The summed E-state index contributed by atoms with van der Waals surface area (Å²) in [6.45, 7) is 6.39. The summed E-state index contributed by atoms with van der Waals surface area (Å²) in [6.07, 6.45) is 1.19. The van der Waals surface area contributed by atoms with Gasteiger partial charge < -0.3 is 10.6 Å². The first-order valence-electron chi connectivity index (χ1n) is 7.19. The van der Waals surface area contributed by atoms with Crippen molar-refractivity contribution in [2.24, 2.45) is 17.6 Å². The van der Waals surface area contributed by atoms with Crippen LogP contribution in [0.4, 0.5) is 0 Å². The summed E-state index contributed by atoms with van der Waals surface area (Å²) in [5.74, 6) is 7.03. The van der Waals surface area contributed by atoms with Crippen LogP contribution in [0.15, 0.2) is 24.3 Å². The van der Waals surface area contributed by atoms with Gasteiger partial charge in [0.2, 0.25) is 0 Å². The maximum atomic E-state index is 12.7. The van der Waals surface area contributed by atoms with Gasteiger partial charge in [-0.1, -0.05) is 37.8 Å². The zero-order valence-electron chi connectivity index (χ0n) is 12.2. The fourth-order valence-electron chi connectivity index (χ4n) is 2.92. The normalized spacial score (nSPS) is 22.1. The first-order chi connectivity index (χ1) is 9.61. The van der Waals surface area contributed by atoms with Gasteiger partial charge >= 0.3 is 0 Å². The van der Waals surface area contributed by atoms with E-state index in [-0.39, 0.29) is 5.91 Å². The number of likely N-dealkylation sites (tertiary alicyclic amines) is 1. The first kappa shape index (κ1) is 14.6. The second-order valence-corrected chi connectivity index (χ2v) is 5.71. The Morgan fingerprint density at radius 1 is 1.30 bits per heavy atom. The minimum atomic E-state index is 0.0883. The number of rotatable bonds is 1. The van der Waals surface area contributed by atoms with Crippen LogP contribution in [0, 0.1) is 23.7 Å². The Morgan fingerprint density at radius 2 is 1.95 bits per heavy atom. The molecule has 0 aromatic heterocycles. The highest BCUT2D eigenvalue weighted by molar-refractivity contribution is 5.96. The quantitative estimate of drug-likeness (QED) is 0.795. The number of carbonyl (C=O) groups excluding carboxylic acids is 1. The van der Waals surface area contributed by atoms with Crippen LogP contribution >= 0.6 is 0 Å². The van der Waals surface area contributed by atoms with Gasteiger partial charge in [0.1, 0.15) is 0 Å². The smallest absolute Gasteiger partial charge is 0.255 e. The van der Waals surface area contributed by atoms with Gasteiger partial charge in [-0.3, -0.25) is 4.79 Å². The average molecular weight is 270 g/mol. The average Bonchev–Trinajstić information content (AvgIpc) is 2.43. The highest BCUT2D eigenvalue weighted by Gasteiger charge is 2.26. The standard InChI is InChI=1S/C17H22N2O/c1-13-10-14(2)12-19(11-13)17(20)16-8-4-3-6-15(16)7-5-9-18/h3-4,6,8,13-14H,9-12,18H2,1-2H3. The zero-order chi connectivity index (χ0) is 14.5. The molecular weight excluding hydrogens is 248 g/mol. The number of hydrogen-bond acceptors (Lipinski definition) is 2. The Kier molecular flexibility index (Phi) is 4.81. The summed E-state index contributed by atoms with van der Waals surface area (Å²) in [6, 6.07) is 7.52. The molecule has 2 unspecified atom stereocenters. The first-order valence-corrected chi connectivity index (χ1v) is 7.19. The van der Waals surface area contributed by atoms with Crippen molar-refractivity contribution in [2.75, 3.05) is 19.6 Å². The molecule has 0 radical (unpaired) electrons. The molecule has 1 saturated heterocycles. The Balaban J connectivity index is 2.24. The summed E-state index contributed by atoms with van der Waals surface area (Å²) >= 11 is 0. The van der Waals surface area contributed by atoms with E-state index in [0.29, 0.717) is 23.9 Å². The van der Waals surface area contributed by atoms with E-state index in [2.05, 4.69) is 25.7 Å². The van der Waals surface area contributed by atoms with Crippen LogP contribution in [0.5, 0.6) is 0 Å². The van der Waals surface area contributed by atoms with E-state index < -0.39 is 0 Å². The van der Waals surface area contributed by atoms with Crippen LogP contribution in [-0.2, 0) is 0 Å². The van der Waals surface area contributed by atoms with Gasteiger partial charge in [0.05, 0.1) is 12.1 Å². The number of hydrogen-bond donors (Lipinski definition) is 1. The lowest BCUT2D eigenvalue weighted by atomic mass is 9.91. The molecule has 3 heteroatoms. The minimum Gasteiger partial charge on any atom is -0.338 e. The second-order valence-electron chi connectivity index (χ2n) is 5.71. The molecule has 3 nitrogen and oxygen atoms in total.